The normalized spacial score (nSPS) is 21.3. The van der Waals surface area contributed by atoms with Crippen molar-refractivity contribution in [3.05, 3.63) is 35.7 Å². The van der Waals surface area contributed by atoms with Crippen molar-refractivity contribution in [2.45, 2.75) is 52.7 Å². The minimum Gasteiger partial charge on any atom is -0.377 e. The van der Waals surface area contributed by atoms with E-state index in [1.165, 1.54) is 0 Å². The van der Waals surface area contributed by atoms with Crippen molar-refractivity contribution in [2.24, 2.45) is 5.41 Å². The number of fused-ring (bicyclic) bond motifs is 1. The fourth-order valence-electron chi connectivity index (χ4n) is 3.52. The standard InChI is InChI=1S/C18H23N5O2/c1-11-7-12-9-20-23(17(12)19-8-11)10-14-21-16(22-25-14)13-5-6-24-15(13)18(2,3)4/h7-9,13,15H,5-6,10H2,1-4H3/t13-,15-/m0/s1. The second-order valence-corrected chi connectivity index (χ2v) is 7.83. The molecule has 2 atom stereocenters. The Labute approximate surface area is 146 Å². The highest BCUT2D eigenvalue weighted by atomic mass is 16.5. The number of aromatic nitrogens is 5. The minimum atomic E-state index is 0.0436. The Balaban J connectivity index is 1.57. The van der Waals surface area contributed by atoms with Crippen LogP contribution in [0.15, 0.2) is 23.0 Å². The molecule has 0 aliphatic carbocycles. The summed E-state index contributed by atoms with van der Waals surface area (Å²) in [6.45, 7) is 9.72. The first-order chi connectivity index (χ1) is 11.9. The molecular weight excluding hydrogens is 318 g/mol. The lowest BCUT2D eigenvalue weighted by atomic mass is 9.81. The molecule has 0 saturated carbocycles. The summed E-state index contributed by atoms with van der Waals surface area (Å²) in [7, 11) is 0. The zero-order chi connectivity index (χ0) is 17.6. The maximum Gasteiger partial charge on any atom is 0.248 e. The lowest BCUT2D eigenvalue weighted by molar-refractivity contribution is 0.0193. The molecule has 0 amide bonds. The van der Waals surface area contributed by atoms with Crippen molar-refractivity contribution in [1.29, 1.82) is 0 Å². The first-order valence-electron chi connectivity index (χ1n) is 8.64. The first-order valence-corrected chi connectivity index (χ1v) is 8.64. The molecule has 132 valence electrons. The number of aryl methyl sites for hydroxylation is 1. The van der Waals surface area contributed by atoms with Gasteiger partial charge >= 0.3 is 0 Å². The molecule has 1 fully saturated rings. The highest BCUT2D eigenvalue weighted by Crippen LogP contribution is 2.39. The molecule has 0 unspecified atom stereocenters. The molecule has 7 heteroatoms. The average molecular weight is 341 g/mol. The molecule has 0 N–H and O–H groups in total. The molecule has 0 bridgehead atoms. The average Bonchev–Trinajstić information content (AvgIpc) is 3.25. The van der Waals surface area contributed by atoms with E-state index in [4.69, 9.17) is 9.26 Å². The van der Waals surface area contributed by atoms with Gasteiger partial charge in [0.15, 0.2) is 11.5 Å². The summed E-state index contributed by atoms with van der Waals surface area (Å²) in [5.41, 5.74) is 1.98. The quantitative estimate of drug-likeness (QED) is 0.728. The Morgan fingerprint density at radius 1 is 1.28 bits per heavy atom. The minimum absolute atomic E-state index is 0.0436. The van der Waals surface area contributed by atoms with E-state index in [2.05, 4.69) is 47.1 Å². The number of ether oxygens (including phenoxy) is 1. The van der Waals surface area contributed by atoms with Gasteiger partial charge in [-0.05, 0) is 30.4 Å². The van der Waals surface area contributed by atoms with Gasteiger partial charge in [-0.3, -0.25) is 0 Å². The third kappa shape index (κ3) is 3.04. The summed E-state index contributed by atoms with van der Waals surface area (Å²) in [5, 5.41) is 9.61. The first kappa shape index (κ1) is 16.2. The number of hydrogen-bond acceptors (Lipinski definition) is 6. The van der Waals surface area contributed by atoms with Gasteiger partial charge in [-0.15, -0.1) is 0 Å². The molecule has 4 rings (SSSR count). The number of nitrogens with zero attached hydrogens (tertiary/aromatic N) is 5. The van der Waals surface area contributed by atoms with Gasteiger partial charge in [-0.1, -0.05) is 25.9 Å². The van der Waals surface area contributed by atoms with E-state index in [-0.39, 0.29) is 17.4 Å². The summed E-state index contributed by atoms with van der Waals surface area (Å²) in [5.74, 6) is 1.45. The van der Waals surface area contributed by atoms with Gasteiger partial charge < -0.3 is 9.26 Å². The van der Waals surface area contributed by atoms with Gasteiger partial charge in [0.1, 0.15) is 6.54 Å². The Morgan fingerprint density at radius 2 is 2.12 bits per heavy atom. The van der Waals surface area contributed by atoms with Crippen molar-refractivity contribution in [2.75, 3.05) is 6.61 Å². The molecular formula is C18H23N5O2. The van der Waals surface area contributed by atoms with Crippen LogP contribution in [-0.4, -0.2) is 37.6 Å². The van der Waals surface area contributed by atoms with Crippen LogP contribution in [0.4, 0.5) is 0 Å². The summed E-state index contributed by atoms with van der Waals surface area (Å²) >= 11 is 0. The van der Waals surface area contributed by atoms with Crippen LogP contribution in [-0.2, 0) is 11.3 Å². The Morgan fingerprint density at radius 3 is 2.92 bits per heavy atom. The van der Waals surface area contributed by atoms with Crippen LogP contribution in [0.2, 0.25) is 0 Å². The number of hydrogen-bond donors (Lipinski definition) is 0. The predicted molar refractivity (Wildman–Crippen MR) is 92.2 cm³/mol. The summed E-state index contributed by atoms with van der Waals surface area (Å²) in [6, 6.07) is 2.06. The number of pyridine rings is 1. The smallest absolute Gasteiger partial charge is 0.248 e. The van der Waals surface area contributed by atoms with Crippen molar-refractivity contribution in [3.8, 4) is 0 Å². The third-order valence-corrected chi connectivity index (χ3v) is 4.66. The second-order valence-electron chi connectivity index (χ2n) is 7.83. The van der Waals surface area contributed by atoms with Crippen LogP contribution in [0, 0.1) is 12.3 Å². The molecule has 0 radical (unpaired) electrons. The monoisotopic (exact) mass is 341 g/mol. The van der Waals surface area contributed by atoms with E-state index in [1.54, 1.807) is 4.68 Å². The molecule has 0 aromatic carbocycles. The molecule has 4 heterocycles. The topological polar surface area (TPSA) is 78.9 Å². The fourth-order valence-corrected chi connectivity index (χ4v) is 3.52. The van der Waals surface area contributed by atoms with Gasteiger partial charge in [0.25, 0.3) is 0 Å². The van der Waals surface area contributed by atoms with Gasteiger partial charge in [-0.2, -0.15) is 10.1 Å². The lowest BCUT2D eigenvalue weighted by Crippen LogP contribution is -2.30. The third-order valence-electron chi connectivity index (χ3n) is 4.66. The molecule has 1 saturated heterocycles. The Bertz CT molecular complexity index is 892. The van der Waals surface area contributed by atoms with Gasteiger partial charge in [0, 0.05) is 18.2 Å². The zero-order valence-corrected chi connectivity index (χ0v) is 15.1. The maximum absolute atomic E-state index is 5.92. The fraction of sp³-hybridized carbons (Fsp3) is 0.556. The number of rotatable bonds is 3. The van der Waals surface area contributed by atoms with Crippen LogP contribution in [0.5, 0.6) is 0 Å². The van der Waals surface area contributed by atoms with Crippen molar-refractivity contribution >= 4 is 11.0 Å². The SMILES string of the molecule is Cc1cnc2c(cnn2Cc2nc([C@H]3CCO[C@@H]3C(C)(C)C)no2)c1. The molecule has 7 nitrogen and oxygen atoms in total. The highest BCUT2D eigenvalue weighted by Gasteiger charge is 2.40. The van der Waals surface area contributed by atoms with E-state index < -0.39 is 0 Å². The van der Waals surface area contributed by atoms with Crippen LogP contribution in [0.3, 0.4) is 0 Å². The maximum atomic E-state index is 5.92. The predicted octanol–water partition coefficient (Wildman–Crippen LogP) is 3.09. The van der Waals surface area contributed by atoms with Crippen LogP contribution in [0.1, 0.15) is 50.4 Å². The Hall–Kier alpha value is -2.28. The van der Waals surface area contributed by atoms with E-state index in [0.29, 0.717) is 12.4 Å². The summed E-state index contributed by atoms with van der Waals surface area (Å²) in [6.07, 6.45) is 4.68. The molecule has 25 heavy (non-hydrogen) atoms. The van der Waals surface area contributed by atoms with E-state index in [1.807, 2.05) is 19.3 Å². The molecule has 1 aliphatic heterocycles. The van der Waals surface area contributed by atoms with E-state index in [0.717, 1.165) is 35.4 Å². The highest BCUT2D eigenvalue weighted by molar-refractivity contribution is 5.74. The van der Waals surface area contributed by atoms with Gasteiger partial charge in [0.2, 0.25) is 5.89 Å². The largest absolute Gasteiger partial charge is 0.377 e. The van der Waals surface area contributed by atoms with Crippen LogP contribution >= 0.6 is 0 Å². The van der Waals surface area contributed by atoms with Crippen molar-refractivity contribution < 1.29 is 9.26 Å². The van der Waals surface area contributed by atoms with Crippen LogP contribution < -0.4 is 0 Å². The molecule has 0 spiro atoms. The second kappa shape index (κ2) is 5.91. The lowest BCUT2D eigenvalue weighted by Gasteiger charge is -2.29. The van der Waals surface area contributed by atoms with E-state index >= 15 is 0 Å². The van der Waals surface area contributed by atoms with Gasteiger partial charge in [-0.25, -0.2) is 9.67 Å². The van der Waals surface area contributed by atoms with Crippen molar-refractivity contribution in [1.82, 2.24) is 24.9 Å². The Kier molecular flexibility index (Phi) is 3.83. The van der Waals surface area contributed by atoms with E-state index in [9.17, 15) is 0 Å². The molecule has 1 aliphatic rings. The van der Waals surface area contributed by atoms with Crippen LogP contribution in [0.25, 0.3) is 11.0 Å². The molecule has 3 aromatic rings. The summed E-state index contributed by atoms with van der Waals surface area (Å²) in [4.78, 5) is 9.06. The zero-order valence-electron chi connectivity index (χ0n) is 15.1. The van der Waals surface area contributed by atoms with Gasteiger partial charge in [0.05, 0.1) is 18.2 Å². The molecule has 3 aromatic heterocycles. The van der Waals surface area contributed by atoms with Crippen molar-refractivity contribution in [3.63, 3.8) is 0 Å². The summed E-state index contributed by atoms with van der Waals surface area (Å²) < 4.78 is 13.2.